The standard InChI is InChI=1S/C8H15N/c1-8(2)6-5-7-9(3)4/h5-7H,1-4H3/b7-5-. The van der Waals surface area contributed by atoms with E-state index in [2.05, 4.69) is 19.9 Å². The second kappa shape index (κ2) is 4.19. The zero-order valence-corrected chi connectivity index (χ0v) is 6.68. The lowest BCUT2D eigenvalue weighted by molar-refractivity contribution is 0.564. The highest BCUT2D eigenvalue weighted by Crippen LogP contribution is 1.88. The highest BCUT2D eigenvalue weighted by atomic mass is 15.0. The van der Waals surface area contributed by atoms with E-state index in [1.165, 1.54) is 5.57 Å². The molecule has 0 atom stereocenters. The Morgan fingerprint density at radius 2 is 1.78 bits per heavy atom. The predicted octanol–water partition coefficient (Wildman–Crippen LogP) is 2.03. The van der Waals surface area contributed by atoms with Crippen molar-refractivity contribution in [3.05, 3.63) is 23.9 Å². The van der Waals surface area contributed by atoms with Gasteiger partial charge in [0.15, 0.2) is 0 Å². The van der Waals surface area contributed by atoms with Crippen molar-refractivity contribution in [3.63, 3.8) is 0 Å². The van der Waals surface area contributed by atoms with E-state index in [4.69, 9.17) is 0 Å². The van der Waals surface area contributed by atoms with Crippen LogP contribution in [-0.2, 0) is 0 Å². The molecule has 9 heavy (non-hydrogen) atoms. The van der Waals surface area contributed by atoms with Gasteiger partial charge in [-0.15, -0.1) is 0 Å². The molecule has 0 amide bonds. The average molecular weight is 125 g/mol. The molecule has 0 rings (SSSR count). The molecule has 0 spiro atoms. The van der Waals surface area contributed by atoms with Gasteiger partial charge in [-0.25, -0.2) is 0 Å². The summed E-state index contributed by atoms with van der Waals surface area (Å²) in [5.74, 6) is 0. The van der Waals surface area contributed by atoms with Gasteiger partial charge in [0.25, 0.3) is 0 Å². The molecule has 1 heteroatoms. The normalized spacial score (nSPS) is 9.78. The number of hydrogen-bond acceptors (Lipinski definition) is 1. The van der Waals surface area contributed by atoms with Gasteiger partial charge in [-0.3, -0.25) is 0 Å². The van der Waals surface area contributed by atoms with Gasteiger partial charge in [0.2, 0.25) is 0 Å². The summed E-state index contributed by atoms with van der Waals surface area (Å²) < 4.78 is 0. The van der Waals surface area contributed by atoms with Crippen LogP contribution in [0, 0.1) is 0 Å². The fourth-order valence-electron chi connectivity index (χ4n) is 0.408. The van der Waals surface area contributed by atoms with Gasteiger partial charge < -0.3 is 4.90 Å². The average Bonchev–Trinajstić information content (AvgIpc) is 1.63. The van der Waals surface area contributed by atoms with E-state index in [-0.39, 0.29) is 0 Å². The van der Waals surface area contributed by atoms with Crippen molar-refractivity contribution in [3.8, 4) is 0 Å². The third-order valence-electron chi connectivity index (χ3n) is 0.814. The van der Waals surface area contributed by atoms with E-state index < -0.39 is 0 Å². The lowest BCUT2D eigenvalue weighted by Gasteiger charge is -2.00. The van der Waals surface area contributed by atoms with Gasteiger partial charge in [-0.1, -0.05) is 11.6 Å². The number of allylic oxidation sites excluding steroid dienone is 3. The molecule has 0 aromatic rings. The molecular weight excluding hydrogens is 110 g/mol. The van der Waals surface area contributed by atoms with Crippen LogP contribution in [-0.4, -0.2) is 19.0 Å². The minimum atomic E-state index is 1.33. The van der Waals surface area contributed by atoms with E-state index >= 15 is 0 Å². The molecule has 0 unspecified atom stereocenters. The molecule has 1 nitrogen and oxygen atoms in total. The van der Waals surface area contributed by atoms with E-state index in [9.17, 15) is 0 Å². The van der Waals surface area contributed by atoms with Crippen LogP contribution < -0.4 is 0 Å². The predicted molar refractivity (Wildman–Crippen MR) is 42.3 cm³/mol. The fraction of sp³-hybridized carbons (Fsp3) is 0.500. The Kier molecular flexibility index (Phi) is 3.85. The molecule has 52 valence electrons. The van der Waals surface area contributed by atoms with Crippen molar-refractivity contribution in [2.45, 2.75) is 13.8 Å². The lowest BCUT2D eigenvalue weighted by Crippen LogP contribution is -1.99. The molecular formula is C8H15N. The third-order valence-corrected chi connectivity index (χ3v) is 0.814. The summed E-state index contributed by atoms with van der Waals surface area (Å²) in [6, 6.07) is 0. The Labute approximate surface area is 57.7 Å². The molecule has 0 saturated carbocycles. The second-order valence-electron chi connectivity index (χ2n) is 2.55. The van der Waals surface area contributed by atoms with Crippen LogP contribution in [0.3, 0.4) is 0 Å². The van der Waals surface area contributed by atoms with Crippen LogP contribution >= 0.6 is 0 Å². The zero-order chi connectivity index (χ0) is 7.28. The van der Waals surface area contributed by atoms with Crippen LogP contribution in [0.25, 0.3) is 0 Å². The van der Waals surface area contributed by atoms with Crippen molar-refractivity contribution in [2.75, 3.05) is 14.1 Å². The van der Waals surface area contributed by atoms with E-state index in [1.807, 2.05) is 31.3 Å². The molecule has 0 heterocycles. The number of hydrogen-bond donors (Lipinski definition) is 0. The molecule has 0 fully saturated rings. The summed E-state index contributed by atoms with van der Waals surface area (Å²) in [6.07, 6.45) is 6.14. The Morgan fingerprint density at radius 1 is 1.22 bits per heavy atom. The Bertz CT molecular complexity index is 117. The van der Waals surface area contributed by atoms with Gasteiger partial charge >= 0.3 is 0 Å². The fourth-order valence-corrected chi connectivity index (χ4v) is 0.408. The Morgan fingerprint density at radius 3 is 2.11 bits per heavy atom. The molecule has 0 saturated heterocycles. The minimum Gasteiger partial charge on any atom is -0.383 e. The van der Waals surface area contributed by atoms with Crippen LogP contribution in [0.2, 0.25) is 0 Å². The molecule has 0 aliphatic carbocycles. The first kappa shape index (κ1) is 8.28. The van der Waals surface area contributed by atoms with E-state index in [0.717, 1.165) is 0 Å². The van der Waals surface area contributed by atoms with E-state index in [0.29, 0.717) is 0 Å². The largest absolute Gasteiger partial charge is 0.383 e. The lowest BCUT2D eigenvalue weighted by atomic mass is 10.3. The molecule has 0 bridgehead atoms. The van der Waals surface area contributed by atoms with Crippen molar-refractivity contribution >= 4 is 0 Å². The number of rotatable bonds is 2. The molecule has 0 N–H and O–H groups in total. The maximum atomic E-state index is 2.08. The first-order valence-electron chi connectivity index (χ1n) is 3.11. The van der Waals surface area contributed by atoms with Gasteiger partial charge in [0.05, 0.1) is 0 Å². The summed E-state index contributed by atoms with van der Waals surface area (Å²) >= 11 is 0. The van der Waals surface area contributed by atoms with Crippen molar-refractivity contribution < 1.29 is 0 Å². The second-order valence-corrected chi connectivity index (χ2v) is 2.55. The van der Waals surface area contributed by atoms with Gasteiger partial charge in [0, 0.05) is 14.1 Å². The third kappa shape index (κ3) is 7.28. The van der Waals surface area contributed by atoms with Crippen LogP contribution in [0.15, 0.2) is 23.9 Å². The summed E-state index contributed by atoms with van der Waals surface area (Å²) in [6.45, 7) is 4.17. The monoisotopic (exact) mass is 125 g/mol. The maximum Gasteiger partial charge on any atom is 0.00556 e. The van der Waals surface area contributed by atoms with Gasteiger partial charge in [0.1, 0.15) is 0 Å². The minimum absolute atomic E-state index is 1.33. The van der Waals surface area contributed by atoms with Crippen molar-refractivity contribution in [2.24, 2.45) is 0 Å². The van der Waals surface area contributed by atoms with Gasteiger partial charge in [-0.05, 0) is 26.1 Å². The topological polar surface area (TPSA) is 3.24 Å². The summed E-state index contributed by atoms with van der Waals surface area (Å²) in [4.78, 5) is 2.01. The van der Waals surface area contributed by atoms with E-state index in [1.54, 1.807) is 0 Å². The van der Waals surface area contributed by atoms with Crippen molar-refractivity contribution in [1.29, 1.82) is 0 Å². The van der Waals surface area contributed by atoms with Crippen LogP contribution in [0.5, 0.6) is 0 Å². The number of nitrogens with zero attached hydrogens (tertiary/aromatic N) is 1. The summed E-state index contributed by atoms with van der Waals surface area (Å²) in [7, 11) is 4.02. The Balaban J connectivity index is 3.60. The Hall–Kier alpha value is -0.720. The van der Waals surface area contributed by atoms with Gasteiger partial charge in [-0.2, -0.15) is 0 Å². The molecule has 0 radical (unpaired) electrons. The summed E-state index contributed by atoms with van der Waals surface area (Å²) in [5, 5.41) is 0. The van der Waals surface area contributed by atoms with Crippen LogP contribution in [0.1, 0.15) is 13.8 Å². The first-order chi connectivity index (χ1) is 4.13. The molecule has 0 aliphatic rings. The van der Waals surface area contributed by atoms with Crippen molar-refractivity contribution in [1.82, 2.24) is 4.90 Å². The highest BCUT2D eigenvalue weighted by Gasteiger charge is 1.72. The first-order valence-corrected chi connectivity index (χ1v) is 3.11. The maximum absolute atomic E-state index is 2.08. The summed E-state index contributed by atoms with van der Waals surface area (Å²) in [5.41, 5.74) is 1.33. The molecule has 0 aliphatic heterocycles. The smallest absolute Gasteiger partial charge is 0.00556 e. The zero-order valence-electron chi connectivity index (χ0n) is 6.68. The highest BCUT2D eigenvalue weighted by molar-refractivity contribution is 5.07. The van der Waals surface area contributed by atoms with Crippen LogP contribution in [0.4, 0.5) is 0 Å². The molecule has 0 aromatic heterocycles. The SMILES string of the molecule is CC(C)=C/C=C\N(C)C. The molecule has 0 aromatic carbocycles. The quantitative estimate of drug-likeness (QED) is 0.510.